The number of fused-ring (bicyclic) bond motifs is 5. The maximum atomic E-state index is 13.9. The van der Waals surface area contributed by atoms with Crippen molar-refractivity contribution in [1.82, 2.24) is 9.88 Å². The van der Waals surface area contributed by atoms with Crippen molar-refractivity contribution < 1.29 is 23.9 Å². The van der Waals surface area contributed by atoms with Crippen LogP contribution in [0.25, 0.3) is 11.1 Å². The molecule has 2 bridgehead atoms. The molecule has 10 nitrogen and oxygen atoms in total. The van der Waals surface area contributed by atoms with E-state index in [0.717, 1.165) is 16.7 Å². The molecule has 0 saturated carbocycles. The molecule has 3 N–H and O–H groups in total. The lowest BCUT2D eigenvalue weighted by molar-refractivity contribution is -0.132. The predicted molar refractivity (Wildman–Crippen MR) is 165 cm³/mol. The van der Waals surface area contributed by atoms with Crippen molar-refractivity contribution in [3.63, 3.8) is 0 Å². The molecule has 1 aromatic heterocycles. The Kier molecular flexibility index (Phi) is 9.25. The van der Waals surface area contributed by atoms with Crippen LogP contribution in [-0.2, 0) is 19.1 Å². The maximum absolute atomic E-state index is 13.9. The van der Waals surface area contributed by atoms with Gasteiger partial charge in [-0.05, 0) is 73.7 Å². The van der Waals surface area contributed by atoms with Gasteiger partial charge in [0.15, 0.2) is 0 Å². The number of benzene rings is 2. The van der Waals surface area contributed by atoms with Gasteiger partial charge in [0.05, 0.1) is 23.0 Å². The molecule has 5 rings (SSSR count). The summed E-state index contributed by atoms with van der Waals surface area (Å²) in [6.45, 7) is 2.33. The molecule has 43 heavy (non-hydrogen) atoms. The number of aromatic nitrogens is 1. The molecule has 0 saturated heterocycles. The number of halogens is 1. The van der Waals surface area contributed by atoms with Gasteiger partial charge in [-0.3, -0.25) is 24.7 Å². The molecule has 4 amide bonds. The van der Waals surface area contributed by atoms with Gasteiger partial charge in [-0.15, -0.1) is 0 Å². The highest BCUT2D eigenvalue weighted by atomic mass is 35.5. The minimum Gasteiger partial charge on any atom is -0.441 e. The molecule has 0 fully saturated rings. The second-order valence-corrected chi connectivity index (χ2v) is 11.5. The molecule has 2 aromatic carbocycles. The molecule has 0 spiro atoms. The zero-order valence-corrected chi connectivity index (χ0v) is 24.8. The molecule has 2 aliphatic heterocycles. The zero-order chi connectivity index (χ0) is 30.5. The summed E-state index contributed by atoms with van der Waals surface area (Å²) < 4.78 is 5.53. The van der Waals surface area contributed by atoms with Gasteiger partial charge in [0.25, 0.3) is 0 Å². The minimum atomic E-state index is -0.510. The van der Waals surface area contributed by atoms with E-state index in [4.69, 9.17) is 16.3 Å². The third kappa shape index (κ3) is 6.97. The van der Waals surface area contributed by atoms with Gasteiger partial charge in [0.2, 0.25) is 18.2 Å². The lowest BCUT2D eigenvalue weighted by atomic mass is 9.90. The summed E-state index contributed by atoms with van der Waals surface area (Å²) in [7, 11) is 1.77. The SMILES string of the molecule is CC1CCCC(C(=O)N(C)CCCC2OC(=O)Nc3ccc(Cl)cc32)c2cc(ccn2)-c2ccc(NC=O)cc2NC1=O. The number of nitrogens with zero attached hydrogens (tertiary/aromatic N) is 2. The van der Waals surface area contributed by atoms with E-state index < -0.39 is 18.1 Å². The van der Waals surface area contributed by atoms with Crippen LogP contribution in [0.5, 0.6) is 0 Å². The summed E-state index contributed by atoms with van der Waals surface area (Å²) in [5, 5.41) is 8.90. The average Bonchev–Trinajstić information content (AvgIpc) is 2.99. The van der Waals surface area contributed by atoms with Crippen molar-refractivity contribution in [3.05, 3.63) is 71.0 Å². The van der Waals surface area contributed by atoms with Gasteiger partial charge >= 0.3 is 6.09 Å². The second kappa shape index (κ2) is 13.2. The van der Waals surface area contributed by atoms with Crippen LogP contribution in [0.2, 0.25) is 5.02 Å². The number of likely N-dealkylation sites (N-methyl/N-ethyl adjacent to an activating group) is 1. The first-order valence-electron chi connectivity index (χ1n) is 14.4. The molecule has 11 heteroatoms. The van der Waals surface area contributed by atoms with Crippen LogP contribution in [0.4, 0.5) is 21.9 Å². The van der Waals surface area contributed by atoms with Crippen molar-refractivity contribution >= 4 is 53.0 Å². The normalized spacial score (nSPS) is 19.7. The number of hydrogen-bond donors (Lipinski definition) is 3. The van der Waals surface area contributed by atoms with E-state index in [1.54, 1.807) is 48.5 Å². The summed E-state index contributed by atoms with van der Waals surface area (Å²) in [6, 6.07) is 14.3. The lowest BCUT2D eigenvalue weighted by Crippen LogP contribution is -2.33. The third-order valence-electron chi connectivity index (χ3n) is 8.01. The number of amides is 4. The highest BCUT2D eigenvalue weighted by molar-refractivity contribution is 6.30. The number of nitrogens with one attached hydrogen (secondary N) is 3. The van der Waals surface area contributed by atoms with Crippen LogP contribution in [0, 0.1) is 5.92 Å². The van der Waals surface area contributed by atoms with Gasteiger partial charge in [0.1, 0.15) is 6.10 Å². The number of carbonyl (C=O) groups excluding carboxylic acids is 4. The number of pyridine rings is 1. The molecule has 0 radical (unpaired) electrons. The van der Waals surface area contributed by atoms with E-state index in [1.807, 2.05) is 25.1 Å². The fourth-order valence-electron chi connectivity index (χ4n) is 5.63. The van der Waals surface area contributed by atoms with E-state index in [9.17, 15) is 19.2 Å². The molecule has 0 aliphatic carbocycles. The van der Waals surface area contributed by atoms with E-state index in [-0.39, 0.29) is 17.7 Å². The summed E-state index contributed by atoms with van der Waals surface area (Å²) in [5.41, 5.74) is 4.84. The standard InChI is InChI=1S/C32H34ClN5O5/c1-19-5-3-6-24(27-15-20(12-13-34-27)23-10-9-22(35-18-39)17-28(23)36-30(19)40)31(41)38(2)14-4-7-29-25-16-21(33)8-11-26(25)37-32(42)43-29/h8-13,15-19,24,29H,3-7,14H2,1-2H3,(H,35,39)(H,36,40)(H,37,42). The van der Waals surface area contributed by atoms with Crippen LogP contribution < -0.4 is 16.0 Å². The van der Waals surface area contributed by atoms with E-state index in [0.29, 0.717) is 72.8 Å². The number of ether oxygens (including phenoxy) is 1. The van der Waals surface area contributed by atoms with Crippen LogP contribution in [-0.4, -0.2) is 47.8 Å². The predicted octanol–water partition coefficient (Wildman–Crippen LogP) is 6.35. The Morgan fingerprint density at radius 2 is 1.95 bits per heavy atom. The van der Waals surface area contributed by atoms with Gasteiger partial charge in [0, 0.05) is 47.5 Å². The summed E-state index contributed by atoms with van der Waals surface area (Å²) >= 11 is 6.18. The highest BCUT2D eigenvalue weighted by Gasteiger charge is 2.29. The fourth-order valence-corrected chi connectivity index (χ4v) is 5.81. The molecule has 3 aromatic rings. The van der Waals surface area contributed by atoms with Crippen molar-refractivity contribution in [3.8, 4) is 11.1 Å². The Hall–Kier alpha value is -4.44. The van der Waals surface area contributed by atoms with Crippen molar-refractivity contribution in [2.45, 2.75) is 51.0 Å². The van der Waals surface area contributed by atoms with Crippen molar-refractivity contribution in [2.75, 3.05) is 29.5 Å². The monoisotopic (exact) mass is 603 g/mol. The van der Waals surface area contributed by atoms with Crippen LogP contribution >= 0.6 is 11.6 Å². The molecule has 2 aliphatic rings. The maximum Gasteiger partial charge on any atom is 0.412 e. The Bertz CT molecular complexity index is 1550. The number of hydrogen-bond acceptors (Lipinski definition) is 6. The lowest BCUT2D eigenvalue weighted by Gasteiger charge is -2.28. The molecule has 3 unspecified atom stereocenters. The molecular formula is C32H34ClN5O5. The minimum absolute atomic E-state index is 0.0599. The highest BCUT2D eigenvalue weighted by Crippen LogP contribution is 2.37. The molecular weight excluding hydrogens is 570 g/mol. The van der Waals surface area contributed by atoms with Gasteiger partial charge in [-0.2, -0.15) is 0 Å². The number of anilines is 3. The van der Waals surface area contributed by atoms with Crippen molar-refractivity contribution in [1.29, 1.82) is 0 Å². The average molecular weight is 604 g/mol. The summed E-state index contributed by atoms with van der Waals surface area (Å²) in [4.78, 5) is 56.3. The largest absolute Gasteiger partial charge is 0.441 e. The molecule has 3 atom stereocenters. The van der Waals surface area contributed by atoms with Crippen LogP contribution in [0.15, 0.2) is 54.7 Å². The van der Waals surface area contributed by atoms with Gasteiger partial charge in [-0.25, -0.2) is 4.79 Å². The van der Waals surface area contributed by atoms with E-state index in [1.165, 1.54) is 0 Å². The molecule has 3 heterocycles. The molecule has 224 valence electrons. The van der Waals surface area contributed by atoms with Crippen molar-refractivity contribution in [2.24, 2.45) is 5.92 Å². The third-order valence-corrected chi connectivity index (χ3v) is 8.25. The van der Waals surface area contributed by atoms with E-state index in [2.05, 4.69) is 20.9 Å². The number of cyclic esters (lactones) is 1. The number of carbonyl (C=O) groups is 4. The van der Waals surface area contributed by atoms with E-state index >= 15 is 0 Å². The Balaban J connectivity index is 1.35. The van der Waals surface area contributed by atoms with Gasteiger partial charge in [-0.1, -0.05) is 31.0 Å². The first kappa shape index (κ1) is 30.0. The quantitative estimate of drug-likeness (QED) is 0.270. The van der Waals surface area contributed by atoms with Crippen LogP contribution in [0.1, 0.15) is 62.3 Å². The second-order valence-electron chi connectivity index (χ2n) is 11.0. The first-order chi connectivity index (χ1) is 20.7. The topological polar surface area (TPSA) is 130 Å². The summed E-state index contributed by atoms with van der Waals surface area (Å²) in [6.07, 6.45) is 4.24. The van der Waals surface area contributed by atoms with Crippen LogP contribution in [0.3, 0.4) is 0 Å². The zero-order valence-electron chi connectivity index (χ0n) is 24.1. The Morgan fingerprint density at radius 1 is 1.12 bits per heavy atom. The Labute approximate surface area is 255 Å². The Morgan fingerprint density at radius 3 is 2.77 bits per heavy atom. The van der Waals surface area contributed by atoms with Gasteiger partial charge < -0.3 is 20.3 Å². The summed E-state index contributed by atoms with van der Waals surface area (Å²) in [5.74, 6) is -0.953. The fraction of sp³-hybridized carbons (Fsp3) is 0.344. The first-order valence-corrected chi connectivity index (χ1v) is 14.7. The number of rotatable bonds is 7. The smallest absolute Gasteiger partial charge is 0.412 e.